The number of pyridine rings is 1. The Kier molecular flexibility index (Phi) is 6.64. The van der Waals surface area contributed by atoms with Crippen LogP contribution in [-0.2, 0) is 11.2 Å². The van der Waals surface area contributed by atoms with Crippen molar-refractivity contribution in [2.75, 3.05) is 0 Å². The van der Waals surface area contributed by atoms with Gasteiger partial charge in [0.15, 0.2) is 0 Å². The lowest BCUT2D eigenvalue weighted by Gasteiger charge is -2.16. The minimum atomic E-state index is -4.37. The SMILES string of the molecule is CC(=O)Cc1cc(C(=O)NC(C)c2cccc(SC(F)(F)F)c2)cc(C)n1. The van der Waals surface area contributed by atoms with Crippen molar-refractivity contribution in [1.29, 1.82) is 0 Å². The molecule has 0 spiro atoms. The van der Waals surface area contributed by atoms with Crippen molar-refractivity contribution in [3.05, 3.63) is 58.9 Å². The molecule has 1 atom stereocenters. The van der Waals surface area contributed by atoms with E-state index >= 15 is 0 Å². The molecule has 144 valence electrons. The number of halogens is 3. The highest BCUT2D eigenvalue weighted by Crippen LogP contribution is 2.37. The Hall–Kier alpha value is -2.35. The number of alkyl halides is 3. The van der Waals surface area contributed by atoms with E-state index in [1.807, 2.05) is 0 Å². The highest BCUT2D eigenvalue weighted by Gasteiger charge is 2.29. The second-order valence-electron chi connectivity index (χ2n) is 6.18. The van der Waals surface area contributed by atoms with Crippen molar-refractivity contribution in [2.24, 2.45) is 0 Å². The quantitative estimate of drug-likeness (QED) is 0.724. The number of nitrogens with zero attached hydrogens (tertiary/aromatic N) is 1. The maximum atomic E-state index is 12.5. The van der Waals surface area contributed by atoms with E-state index in [9.17, 15) is 22.8 Å². The van der Waals surface area contributed by atoms with Gasteiger partial charge in [-0.2, -0.15) is 13.2 Å². The van der Waals surface area contributed by atoms with Crippen molar-refractivity contribution in [1.82, 2.24) is 10.3 Å². The van der Waals surface area contributed by atoms with Crippen LogP contribution < -0.4 is 5.32 Å². The van der Waals surface area contributed by atoms with E-state index in [4.69, 9.17) is 0 Å². The first-order valence-corrected chi connectivity index (χ1v) is 8.99. The Morgan fingerprint density at radius 3 is 2.56 bits per heavy atom. The Morgan fingerprint density at radius 1 is 1.22 bits per heavy atom. The van der Waals surface area contributed by atoms with E-state index in [0.29, 0.717) is 22.5 Å². The fourth-order valence-electron chi connectivity index (χ4n) is 2.56. The van der Waals surface area contributed by atoms with Gasteiger partial charge in [0.25, 0.3) is 5.91 Å². The summed E-state index contributed by atoms with van der Waals surface area (Å²) >= 11 is -0.196. The number of amides is 1. The van der Waals surface area contributed by atoms with Crippen LogP contribution in [0.2, 0.25) is 0 Å². The fraction of sp³-hybridized carbons (Fsp3) is 0.316. The second kappa shape index (κ2) is 8.56. The normalized spacial score (nSPS) is 12.5. The summed E-state index contributed by atoms with van der Waals surface area (Å²) < 4.78 is 37.6. The number of rotatable bonds is 6. The summed E-state index contributed by atoms with van der Waals surface area (Å²) in [5.41, 5.74) is -2.34. The number of ketones is 1. The predicted octanol–water partition coefficient (Wildman–Crippen LogP) is 4.62. The number of carbonyl (C=O) groups excluding carboxylic acids is 2. The molecule has 0 radical (unpaired) electrons. The molecule has 1 aromatic heterocycles. The number of benzene rings is 1. The first-order valence-electron chi connectivity index (χ1n) is 8.17. The molecule has 0 saturated heterocycles. The van der Waals surface area contributed by atoms with Crippen molar-refractivity contribution < 1.29 is 22.8 Å². The standard InChI is InChI=1S/C19H19F3N2O2S/c1-11-7-15(9-16(23-11)8-12(2)25)18(26)24-13(3)14-5-4-6-17(10-14)27-19(20,21)22/h4-7,9-10,13H,8H2,1-3H3,(H,24,26). The van der Waals surface area contributed by atoms with Crippen LogP contribution in [0.3, 0.4) is 0 Å². The third-order valence-corrected chi connectivity index (χ3v) is 4.36. The molecule has 1 aromatic carbocycles. The zero-order chi connectivity index (χ0) is 20.2. The molecule has 8 heteroatoms. The number of hydrogen-bond acceptors (Lipinski definition) is 4. The fourth-order valence-corrected chi connectivity index (χ4v) is 3.17. The summed E-state index contributed by atoms with van der Waals surface area (Å²) in [7, 11) is 0. The Morgan fingerprint density at radius 2 is 1.93 bits per heavy atom. The summed E-state index contributed by atoms with van der Waals surface area (Å²) in [5.74, 6) is -0.446. The van der Waals surface area contributed by atoms with Gasteiger partial charge in [-0.05, 0) is 62.4 Å². The molecule has 0 aliphatic heterocycles. The zero-order valence-electron chi connectivity index (χ0n) is 15.1. The van der Waals surface area contributed by atoms with E-state index in [-0.39, 0.29) is 34.8 Å². The molecule has 4 nitrogen and oxygen atoms in total. The van der Waals surface area contributed by atoms with E-state index in [2.05, 4.69) is 10.3 Å². The molecular weight excluding hydrogens is 377 g/mol. The monoisotopic (exact) mass is 396 g/mol. The van der Waals surface area contributed by atoms with Gasteiger partial charge < -0.3 is 5.32 Å². The maximum absolute atomic E-state index is 12.5. The minimum absolute atomic E-state index is 0.0598. The lowest BCUT2D eigenvalue weighted by atomic mass is 10.1. The molecular formula is C19H19F3N2O2S. The van der Waals surface area contributed by atoms with Crippen LogP contribution in [0.1, 0.15) is 47.2 Å². The van der Waals surface area contributed by atoms with Gasteiger partial charge in [-0.25, -0.2) is 0 Å². The van der Waals surface area contributed by atoms with Crippen LogP contribution in [0, 0.1) is 6.92 Å². The van der Waals surface area contributed by atoms with E-state index in [1.54, 1.807) is 32.0 Å². The number of aromatic nitrogens is 1. The summed E-state index contributed by atoms with van der Waals surface area (Å²) in [5, 5.41) is 2.77. The molecule has 0 fully saturated rings. The number of carbonyl (C=O) groups is 2. The molecule has 0 bridgehead atoms. The van der Waals surface area contributed by atoms with Gasteiger partial charge in [0.2, 0.25) is 0 Å². The van der Waals surface area contributed by atoms with E-state index < -0.39 is 11.6 Å². The van der Waals surface area contributed by atoms with Crippen LogP contribution >= 0.6 is 11.8 Å². The average molecular weight is 396 g/mol. The first-order chi connectivity index (χ1) is 12.5. The van der Waals surface area contributed by atoms with Gasteiger partial charge in [0.1, 0.15) is 5.78 Å². The Labute approximate surface area is 159 Å². The van der Waals surface area contributed by atoms with Crippen LogP contribution in [-0.4, -0.2) is 22.2 Å². The highest BCUT2D eigenvalue weighted by molar-refractivity contribution is 8.00. The maximum Gasteiger partial charge on any atom is 0.446 e. The van der Waals surface area contributed by atoms with Crippen molar-refractivity contribution in [3.8, 4) is 0 Å². The summed E-state index contributed by atoms with van der Waals surface area (Å²) in [6.45, 7) is 4.86. The largest absolute Gasteiger partial charge is 0.446 e. The van der Waals surface area contributed by atoms with Crippen LogP contribution in [0.5, 0.6) is 0 Å². The smallest absolute Gasteiger partial charge is 0.346 e. The lowest BCUT2D eigenvalue weighted by Crippen LogP contribution is -2.27. The topological polar surface area (TPSA) is 59.1 Å². The summed E-state index contributed by atoms with van der Waals surface area (Å²) in [6, 6.07) is 8.61. The predicted molar refractivity (Wildman–Crippen MR) is 97.6 cm³/mol. The number of thioether (sulfide) groups is 1. The first kappa shape index (κ1) is 21.0. The van der Waals surface area contributed by atoms with Gasteiger partial charge in [-0.15, -0.1) is 0 Å². The van der Waals surface area contributed by atoms with Gasteiger partial charge in [-0.3, -0.25) is 14.6 Å². The van der Waals surface area contributed by atoms with Crippen molar-refractivity contribution in [2.45, 2.75) is 43.6 Å². The average Bonchev–Trinajstić information content (AvgIpc) is 2.52. The van der Waals surface area contributed by atoms with Gasteiger partial charge in [0, 0.05) is 28.3 Å². The molecule has 0 aliphatic carbocycles. The highest BCUT2D eigenvalue weighted by atomic mass is 32.2. The molecule has 1 heterocycles. The number of aryl methyl sites for hydroxylation is 1. The van der Waals surface area contributed by atoms with Gasteiger partial charge in [0.05, 0.1) is 6.04 Å². The Balaban J connectivity index is 2.15. The zero-order valence-corrected chi connectivity index (χ0v) is 15.9. The third kappa shape index (κ3) is 6.71. The number of hydrogen-bond donors (Lipinski definition) is 1. The van der Waals surface area contributed by atoms with E-state index in [0.717, 1.165) is 0 Å². The van der Waals surface area contributed by atoms with Gasteiger partial charge in [-0.1, -0.05) is 12.1 Å². The molecule has 0 aliphatic rings. The molecule has 0 saturated carbocycles. The number of Topliss-reactive ketones (excluding diaryl/α,β-unsaturated/α-hetero) is 1. The van der Waals surface area contributed by atoms with Gasteiger partial charge >= 0.3 is 5.51 Å². The van der Waals surface area contributed by atoms with Crippen LogP contribution in [0.15, 0.2) is 41.3 Å². The molecule has 2 rings (SSSR count). The Bertz CT molecular complexity index is 853. The molecule has 27 heavy (non-hydrogen) atoms. The second-order valence-corrected chi connectivity index (χ2v) is 7.32. The molecule has 1 amide bonds. The van der Waals surface area contributed by atoms with Crippen LogP contribution in [0.25, 0.3) is 0 Å². The summed E-state index contributed by atoms with van der Waals surface area (Å²) in [4.78, 5) is 28.1. The third-order valence-electron chi connectivity index (χ3n) is 3.64. The molecule has 2 aromatic rings. The molecule has 1 unspecified atom stereocenters. The van der Waals surface area contributed by atoms with Crippen molar-refractivity contribution >= 4 is 23.5 Å². The minimum Gasteiger partial charge on any atom is -0.346 e. The molecule has 1 N–H and O–H groups in total. The van der Waals surface area contributed by atoms with Crippen molar-refractivity contribution in [3.63, 3.8) is 0 Å². The van der Waals surface area contributed by atoms with Crippen LogP contribution in [0.4, 0.5) is 13.2 Å². The summed E-state index contributed by atoms with van der Waals surface area (Å²) in [6.07, 6.45) is 0.133. The lowest BCUT2D eigenvalue weighted by molar-refractivity contribution is -0.116. The number of nitrogens with one attached hydrogen (secondary N) is 1. The van der Waals surface area contributed by atoms with E-state index in [1.165, 1.54) is 25.1 Å².